The number of likely N-dealkylation sites (tertiary alicyclic amines) is 1. The van der Waals surface area contributed by atoms with Crippen molar-refractivity contribution in [2.45, 2.75) is 31.8 Å². The second-order valence-corrected chi connectivity index (χ2v) is 4.78. The van der Waals surface area contributed by atoms with Gasteiger partial charge in [0.05, 0.1) is 0 Å². The van der Waals surface area contributed by atoms with Crippen LogP contribution in [0.5, 0.6) is 0 Å². The first-order valence-electron chi connectivity index (χ1n) is 6.56. The summed E-state index contributed by atoms with van der Waals surface area (Å²) in [5, 5.41) is 0. The fourth-order valence-corrected chi connectivity index (χ4v) is 2.46. The van der Waals surface area contributed by atoms with Crippen molar-refractivity contribution >= 4 is 5.91 Å². The Morgan fingerprint density at radius 2 is 1.94 bits per heavy atom. The van der Waals surface area contributed by atoms with E-state index < -0.39 is 0 Å². The Morgan fingerprint density at radius 3 is 2.56 bits per heavy atom. The van der Waals surface area contributed by atoms with Crippen molar-refractivity contribution in [3.8, 4) is 0 Å². The SMILES string of the molecule is NCc1ccc(C(=O)N2CCCCC2CN)cc1. The Balaban J connectivity index is 2.13. The average molecular weight is 247 g/mol. The van der Waals surface area contributed by atoms with E-state index >= 15 is 0 Å². The fourth-order valence-electron chi connectivity index (χ4n) is 2.46. The molecule has 4 N–H and O–H groups in total. The minimum absolute atomic E-state index is 0.0914. The van der Waals surface area contributed by atoms with Gasteiger partial charge in [-0.15, -0.1) is 0 Å². The summed E-state index contributed by atoms with van der Waals surface area (Å²) in [6, 6.07) is 7.73. The van der Waals surface area contributed by atoms with Gasteiger partial charge >= 0.3 is 0 Å². The summed E-state index contributed by atoms with van der Waals surface area (Å²) in [6.07, 6.45) is 3.25. The highest BCUT2D eigenvalue weighted by Crippen LogP contribution is 2.19. The van der Waals surface area contributed by atoms with Gasteiger partial charge in [0, 0.05) is 31.2 Å². The van der Waals surface area contributed by atoms with Gasteiger partial charge in [-0.1, -0.05) is 12.1 Å². The molecule has 1 aromatic rings. The summed E-state index contributed by atoms with van der Waals surface area (Å²) >= 11 is 0. The van der Waals surface area contributed by atoms with E-state index in [0.717, 1.165) is 36.9 Å². The van der Waals surface area contributed by atoms with Gasteiger partial charge in [-0.05, 0) is 37.0 Å². The number of nitrogens with zero attached hydrogens (tertiary/aromatic N) is 1. The summed E-state index contributed by atoms with van der Waals surface area (Å²) in [7, 11) is 0. The first-order chi connectivity index (χ1) is 8.76. The van der Waals surface area contributed by atoms with Crippen LogP contribution in [0.3, 0.4) is 0 Å². The number of hydrogen-bond donors (Lipinski definition) is 2. The maximum Gasteiger partial charge on any atom is 0.254 e. The zero-order valence-corrected chi connectivity index (χ0v) is 10.6. The van der Waals surface area contributed by atoms with E-state index in [1.165, 1.54) is 0 Å². The number of amides is 1. The minimum atomic E-state index is 0.0914. The predicted octanol–water partition coefficient (Wildman–Crippen LogP) is 1.10. The molecule has 1 amide bonds. The van der Waals surface area contributed by atoms with E-state index in [9.17, 15) is 4.79 Å². The van der Waals surface area contributed by atoms with E-state index in [1.807, 2.05) is 29.2 Å². The molecule has 98 valence electrons. The highest BCUT2D eigenvalue weighted by atomic mass is 16.2. The van der Waals surface area contributed by atoms with E-state index in [4.69, 9.17) is 11.5 Å². The molecular formula is C14H21N3O. The van der Waals surface area contributed by atoms with Crippen LogP contribution in [0.15, 0.2) is 24.3 Å². The van der Waals surface area contributed by atoms with Crippen LogP contribution in [0, 0.1) is 0 Å². The number of nitrogens with two attached hydrogens (primary N) is 2. The van der Waals surface area contributed by atoms with Crippen LogP contribution < -0.4 is 11.5 Å². The van der Waals surface area contributed by atoms with Crippen molar-refractivity contribution in [1.82, 2.24) is 4.90 Å². The number of benzene rings is 1. The third-order valence-corrected chi connectivity index (χ3v) is 3.60. The second kappa shape index (κ2) is 5.98. The predicted molar refractivity (Wildman–Crippen MR) is 72.1 cm³/mol. The molecule has 4 nitrogen and oxygen atoms in total. The summed E-state index contributed by atoms with van der Waals surface area (Å²) in [4.78, 5) is 14.3. The number of rotatable bonds is 3. The molecule has 1 unspecified atom stereocenters. The van der Waals surface area contributed by atoms with Crippen molar-refractivity contribution in [1.29, 1.82) is 0 Å². The Bertz CT molecular complexity index is 402. The van der Waals surface area contributed by atoms with Crippen molar-refractivity contribution in [2.24, 2.45) is 11.5 Å². The maximum absolute atomic E-state index is 12.4. The maximum atomic E-state index is 12.4. The van der Waals surface area contributed by atoms with E-state index in [-0.39, 0.29) is 11.9 Å². The lowest BCUT2D eigenvalue weighted by Gasteiger charge is -2.35. The van der Waals surface area contributed by atoms with Crippen LogP contribution in [0.25, 0.3) is 0 Å². The average Bonchev–Trinajstić information content (AvgIpc) is 2.46. The zero-order valence-electron chi connectivity index (χ0n) is 10.6. The van der Waals surface area contributed by atoms with Gasteiger partial charge in [-0.3, -0.25) is 4.79 Å². The number of carbonyl (C=O) groups excluding carboxylic acids is 1. The van der Waals surface area contributed by atoms with Gasteiger partial charge in [0.15, 0.2) is 0 Å². The highest BCUT2D eigenvalue weighted by molar-refractivity contribution is 5.94. The number of carbonyl (C=O) groups is 1. The molecule has 2 rings (SSSR count). The topological polar surface area (TPSA) is 72.4 Å². The zero-order chi connectivity index (χ0) is 13.0. The van der Waals surface area contributed by atoms with Gasteiger partial charge < -0.3 is 16.4 Å². The molecule has 0 radical (unpaired) electrons. The lowest BCUT2D eigenvalue weighted by Crippen LogP contribution is -2.47. The molecule has 0 aromatic heterocycles. The monoisotopic (exact) mass is 247 g/mol. The van der Waals surface area contributed by atoms with Crippen LogP contribution in [0.1, 0.15) is 35.2 Å². The van der Waals surface area contributed by atoms with Gasteiger partial charge in [0.1, 0.15) is 0 Å². The molecule has 0 bridgehead atoms. The minimum Gasteiger partial charge on any atom is -0.334 e. The van der Waals surface area contributed by atoms with Crippen LogP contribution in [0.2, 0.25) is 0 Å². The van der Waals surface area contributed by atoms with Gasteiger partial charge in [0.25, 0.3) is 5.91 Å². The summed E-state index contributed by atoms with van der Waals surface area (Å²) in [6.45, 7) is 1.87. The summed E-state index contributed by atoms with van der Waals surface area (Å²) in [5.41, 5.74) is 13.1. The fraction of sp³-hybridized carbons (Fsp3) is 0.500. The molecule has 1 heterocycles. The van der Waals surface area contributed by atoms with E-state index in [0.29, 0.717) is 13.1 Å². The molecule has 1 aliphatic rings. The summed E-state index contributed by atoms with van der Waals surface area (Å²) in [5.74, 6) is 0.0914. The summed E-state index contributed by atoms with van der Waals surface area (Å²) < 4.78 is 0. The van der Waals surface area contributed by atoms with E-state index in [1.54, 1.807) is 0 Å². The lowest BCUT2D eigenvalue weighted by molar-refractivity contribution is 0.0623. The molecule has 1 fully saturated rings. The van der Waals surface area contributed by atoms with Crippen LogP contribution >= 0.6 is 0 Å². The quantitative estimate of drug-likeness (QED) is 0.840. The van der Waals surface area contributed by atoms with Crippen LogP contribution in [-0.4, -0.2) is 29.9 Å². The Morgan fingerprint density at radius 1 is 1.22 bits per heavy atom. The molecule has 4 heteroatoms. The standard InChI is InChI=1S/C14H21N3O/c15-9-11-4-6-12(7-5-11)14(18)17-8-2-1-3-13(17)10-16/h4-7,13H,1-3,8-10,15-16H2. The van der Waals surface area contributed by atoms with Crippen LogP contribution in [-0.2, 0) is 6.54 Å². The molecule has 0 saturated carbocycles. The molecule has 1 aromatic carbocycles. The highest BCUT2D eigenvalue weighted by Gasteiger charge is 2.26. The number of hydrogen-bond acceptors (Lipinski definition) is 3. The first kappa shape index (κ1) is 13.1. The van der Waals surface area contributed by atoms with E-state index in [2.05, 4.69) is 0 Å². The Kier molecular flexibility index (Phi) is 4.33. The first-order valence-corrected chi connectivity index (χ1v) is 6.56. The molecule has 0 spiro atoms. The van der Waals surface area contributed by atoms with Crippen molar-refractivity contribution < 1.29 is 4.79 Å². The molecule has 1 aliphatic heterocycles. The van der Waals surface area contributed by atoms with Gasteiger partial charge in [-0.2, -0.15) is 0 Å². The molecule has 1 atom stereocenters. The third kappa shape index (κ3) is 2.71. The molecule has 1 saturated heterocycles. The Hall–Kier alpha value is -1.39. The molecule has 0 aliphatic carbocycles. The largest absolute Gasteiger partial charge is 0.334 e. The molecular weight excluding hydrogens is 226 g/mol. The lowest BCUT2D eigenvalue weighted by atomic mass is 10.0. The Labute approximate surface area is 108 Å². The van der Waals surface area contributed by atoms with Crippen molar-refractivity contribution in [3.05, 3.63) is 35.4 Å². The van der Waals surface area contributed by atoms with Gasteiger partial charge in [-0.25, -0.2) is 0 Å². The molecule has 18 heavy (non-hydrogen) atoms. The van der Waals surface area contributed by atoms with Crippen LogP contribution in [0.4, 0.5) is 0 Å². The normalized spacial score (nSPS) is 19.9. The van der Waals surface area contributed by atoms with Crippen molar-refractivity contribution in [3.63, 3.8) is 0 Å². The smallest absolute Gasteiger partial charge is 0.254 e. The number of piperidine rings is 1. The van der Waals surface area contributed by atoms with Crippen molar-refractivity contribution in [2.75, 3.05) is 13.1 Å². The second-order valence-electron chi connectivity index (χ2n) is 4.78. The van der Waals surface area contributed by atoms with Gasteiger partial charge in [0.2, 0.25) is 0 Å². The third-order valence-electron chi connectivity index (χ3n) is 3.60.